The number of phenolic OH excluding ortho intramolecular Hbond substituents is 4. The largest absolute Gasteiger partial charge is 0.508 e. The number of fused-ring (bicyclic) bond motifs is 5. The van der Waals surface area contributed by atoms with Crippen molar-refractivity contribution in [2.75, 3.05) is 0 Å². The SMILES string of the molecule is Oc1cc(O)cc(-c2c(-c3ccccc3)c(-c3ccccc3)c(-c3cc(O)cc(O)c3)c3c2-c2ccccc2Cc2ccccc2-3)c1. The summed E-state index contributed by atoms with van der Waals surface area (Å²) in [6.07, 6.45) is 0.692. The van der Waals surface area contributed by atoms with Gasteiger partial charge in [0.05, 0.1) is 0 Å². The van der Waals surface area contributed by atoms with Crippen molar-refractivity contribution in [3.63, 3.8) is 0 Å². The summed E-state index contributed by atoms with van der Waals surface area (Å²) in [5.41, 5.74) is 12.9. The molecule has 8 rings (SSSR count). The summed E-state index contributed by atoms with van der Waals surface area (Å²) >= 11 is 0. The van der Waals surface area contributed by atoms with Gasteiger partial charge in [0, 0.05) is 12.1 Å². The summed E-state index contributed by atoms with van der Waals surface area (Å²) in [6.45, 7) is 0. The summed E-state index contributed by atoms with van der Waals surface area (Å²) in [7, 11) is 0. The Morgan fingerprint density at radius 3 is 1.00 bits per heavy atom. The fourth-order valence-electron chi connectivity index (χ4n) is 7.17. The zero-order valence-electron chi connectivity index (χ0n) is 25.4. The molecule has 0 saturated heterocycles. The van der Waals surface area contributed by atoms with Crippen molar-refractivity contribution in [1.82, 2.24) is 0 Å². The van der Waals surface area contributed by atoms with Crippen molar-refractivity contribution in [2.45, 2.75) is 6.42 Å². The molecule has 0 bridgehead atoms. The highest BCUT2D eigenvalue weighted by molar-refractivity contribution is 6.16. The molecule has 0 unspecified atom stereocenters. The maximum absolute atomic E-state index is 10.9. The third kappa shape index (κ3) is 4.88. The molecule has 7 aromatic carbocycles. The monoisotopic (exact) mass is 610 g/mol. The Kier molecular flexibility index (Phi) is 6.77. The van der Waals surface area contributed by atoms with Crippen LogP contribution < -0.4 is 0 Å². The molecule has 4 N–H and O–H groups in total. The van der Waals surface area contributed by atoms with E-state index in [0.29, 0.717) is 17.5 Å². The minimum absolute atomic E-state index is 0.0432. The van der Waals surface area contributed by atoms with Crippen LogP contribution in [-0.2, 0) is 6.42 Å². The molecule has 7 aromatic rings. The molecule has 1 aliphatic carbocycles. The molecule has 226 valence electrons. The van der Waals surface area contributed by atoms with Crippen LogP contribution in [0.5, 0.6) is 23.0 Å². The smallest absolute Gasteiger partial charge is 0.119 e. The predicted molar refractivity (Wildman–Crippen MR) is 189 cm³/mol. The third-order valence-corrected chi connectivity index (χ3v) is 8.96. The first-order valence-corrected chi connectivity index (χ1v) is 15.5. The van der Waals surface area contributed by atoms with Crippen molar-refractivity contribution >= 4 is 0 Å². The first-order valence-electron chi connectivity index (χ1n) is 15.5. The second-order valence-electron chi connectivity index (χ2n) is 11.9. The summed E-state index contributed by atoms with van der Waals surface area (Å²) in [5, 5.41) is 43.6. The van der Waals surface area contributed by atoms with E-state index in [1.165, 1.54) is 12.1 Å². The molecule has 4 heteroatoms. The fraction of sp³-hybridized carbons (Fsp3) is 0.0233. The first-order chi connectivity index (χ1) is 23.0. The zero-order valence-corrected chi connectivity index (χ0v) is 25.4. The zero-order chi connectivity index (χ0) is 32.1. The van der Waals surface area contributed by atoms with Crippen molar-refractivity contribution < 1.29 is 20.4 Å². The molecule has 0 amide bonds. The lowest BCUT2D eigenvalue weighted by atomic mass is 9.74. The van der Waals surface area contributed by atoms with Crippen LogP contribution in [0.4, 0.5) is 0 Å². The van der Waals surface area contributed by atoms with E-state index in [2.05, 4.69) is 60.7 Å². The van der Waals surface area contributed by atoms with Crippen molar-refractivity contribution in [1.29, 1.82) is 0 Å². The molecule has 0 radical (unpaired) electrons. The fourth-order valence-corrected chi connectivity index (χ4v) is 7.17. The van der Waals surface area contributed by atoms with E-state index in [-0.39, 0.29) is 23.0 Å². The predicted octanol–water partition coefficient (Wildman–Crippen LogP) is 10.4. The van der Waals surface area contributed by atoms with Gasteiger partial charge in [0.15, 0.2) is 0 Å². The van der Waals surface area contributed by atoms with Crippen LogP contribution >= 0.6 is 0 Å². The van der Waals surface area contributed by atoms with E-state index in [4.69, 9.17) is 0 Å². The van der Waals surface area contributed by atoms with E-state index < -0.39 is 0 Å². The van der Waals surface area contributed by atoms with Gasteiger partial charge in [-0.2, -0.15) is 0 Å². The molecule has 4 nitrogen and oxygen atoms in total. The first kappa shape index (κ1) is 28.2. The minimum atomic E-state index is -0.0432. The lowest BCUT2D eigenvalue weighted by Crippen LogP contribution is -2.02. The molecular formula is C43H30O4. The molecule has 47 heavy (non-hydrogen) atoms. The highest BCUT2D eigenvalue weighted by atomic mass is 16.3. The van der Waals surface area contributed by atoms with Gasteiger partial charge in [-0.15, -0.1) is 0 Å². The Balaban J connectivity index is 1.73. The second-order valence-corrected chi connectivity index (χ2v) is 11.9. The van der Waals surface area contributed by atoms with Gasteiger partial charge in [-0.1, -0.05) is 109 Å². The van der Waals surface area contributed by atoms with Crippen LogP contribution in [0.1, 0.15) is 11.1 Å². The highest BCUT2D eigenvalue weighted by Crippen LogP contribution is 2.58. The number of rotatable bonds is 4. The Labute approximate surface area is 272 Å². The number of hydrogen-bond donors (Lipinski definition) is 4. The maximum Gasteiger partial charge on any atom is 0.119 e. The molecule has 0 atom stereocenters. The van der Waals surface area contributed by atoms with Crippen LogP contribution in [0, 0.1) is 0 Å². The molecule has 0 spiro atoms. The second kappa shape index (κ2) is 11.3. The molecule has 0 aliphatic heterocycles. The van der Waals surface area contributed by atoms with E-state index >= 15 is 0 Å². The van der Waals surface area contributed by atoms with Crippen molar-refractivity contribution in [3.05, 3.63) is 157 Å². The van der Waals surface area contributed by atoms with Gasteiger partial charge in [0.2, 0.25) is 0 Å². The number of phenols is 4. The maximum atomic E-state index is 10.9. The molecule has 0 aromatic heterocycles. The average Bonchev–Trinajstić information content (AvgIpc) is 3.22. The van der Waals surface area contributed by atoms with Gasteiger partial charge in [-0.25, -0.2) is 0 Å². The highest BCUT2D eigenvalue weighted by Gasteiger charge is 2.32. The van der Waals surface area contributed by atoms with Gasteiger partial charge >= 0.3 is 0 Å². The van der Waals surface area contributed by atoms with E-state index in [1.54, 1.807) is 24.3 Å². The topological polar surface area (TPSA) is 80.9 Å². The van der Waals surface area contributed by atoms with Gasteiger partial charge in [0.25, 0.3) is 0 Å². The normalized spacial score (nSPS) is 11.7. The Morgan fingerprint density at radius 2 is 0.617 bits per heavy atom. The average molecular weight is 611 g/mol. The van der Waals surface area contributed by atoms with E-state index in [1.807, 2.05) is 48.5 Å². The molecule has 0 fully saturated rings. The van der Waals surface area contributed by atoms with Crippen molar-refractivity contribution in [3.8, 4) is 89.8 Å². The van der Waals surface area contributed by atoms with Gasteiger partial charge in [-0.05, 0) is 109 Å². The lowest BCUT2D eigenvalue weighted by molar-refractivity contribution is 0.450. The summed E-state index contributed by atoms with van der Waals surface area (Å²) < 4.78 is 0. The molecular weight excluding hydrogens is 580 g/mol. The minimum Gasteiger partial charge on any atom is -0.508 e. The van der Waals surface area contributed by atoms with Crippen molar-refractivity contribution in [2.24, 2.45) is 0 Å². The van der Waals surface area contributed by atoms with E-state index in [9.17, 15) is 20.4 Å². The lowest BCUT2D eigenvalue weighted by Gasteiger charge is -2.29. The van der Waals surface area contributed by atoms with Gasteiger partial charge in [-0.3, -0.25) is 0 Å². The van der Waals surface area contributed by atoms with Crippen LogP contribution in [0.25, 0.3) is 66.8 Å². The van der Waals surface area contributed by atoms with Gasteiger partial charge in [0.1, 0.15) is 23.0 Å². The standard InChI is InChI=1S/C43H30O4/c44-32-20-30(21-33(45)24-32)40-38(26-11-3-1-4-12-26)39(27-13-5-2-6-14-27)41(31-22-34(46)25-35(47)23-31)43-37-18-10-8-16-29(37)19-28-15-7-9-17-36(28)42(40)43/h1-18,20-25,44-47H,19H2. The molecule has 0 heterocycles. The van der Waals surface area contributed by atoms with Crippen LogP contribution in [0.3, 0.4) is 0 Å². The van der Waals surface area contributed by atoms with Crippen LogP contribution in [-0.4, -0.2) is 20.4 Å². The summed E-state index contributed by atoms with van der Waals surface area (Å²) in [5.74, 6) is -0.173. The molecule has 1 aliphatic rings. The Bertz CT molecular complexity index is 2100. The van der Waals surface area contributed by atoms with E-state index in [0.717, 1.165) is 66.8 Å². The number of benzene rings is 7. The summed E-state index contributed by atoms with van der Waals surface area (Å²) in [6, 6.07) is 46.5. The Hall–Kier alpha value is -6.26. The Morgan fingerprint density at radius 1 is 0.298 bits per heavy atom. The molecule has 0 saturated carbocycles. The number of hydrogen-bond acceptors (Lipinski definition) is 4. The number of aromatic hydroxyl groups is 4. The third-order valence-electron chi connectivity index (χ3n) is 8.96. The summed E-state index contributed by atoms with van der Waals surface area (Å²) in [4.78, 5) is 0. The van der Waals surface area contributed by atoms with Crippen LogP contribution in [0.15, 0.2) is 146 Å². The quantitative estimate of drug-likeness (QED) is 0.160. The van der Waals surface area contributed by atoms with Crippen LogP contribution in [0.2, 0.25) is 0 Å². The van der Waals surface area contributed by atoms with Gasteiger partial charge < -0.3 is 20.4 Å².